The number of carboxylic acid groups (broad SMARTS) is 1. The number of hydrogen-bond donors (Lipinski definition) is 3. The largest absolute Gasteiger partial charge is 0.479 e. The van der Waals surface area contributed by atoms with Gasteiger partial charge in [-0.3, -0.25) is 4.98 Å². The number of nitrogens with one attached hydrogen (secondary N) is 2. The molecule has 0 bridgehead atoms. The Morgan fingerprint density at radius 2 is 2.32 bits per heavy atom. The van der Waals surface area contributed by atoms with Crippen LogP contribution in [-0.4, -0.2) is 42.6 Å². The van der Waals surface area contributed by atoms with Crippen LogP contribution < -0.4 is 10.1 Å². The standard InChI is InChI=1S/C11H9ClN6O3S/c12-10-16-8(14-3-5-13-1-2-22-5)7-9(17-10)18-11(15-7)21-4-6(19)20/h1-2H,3-4H2,(H,19,20)(H2,14,15,16,17,18). The number of carboxylic acids is 1. The maximum atomic E-state index is 10.5. The second kappa shape index (κ2) is 6.12. The molecule has 3 aromatic heterocycles. The van der Waals surface area contributed by atoms with Crippen LogP contribution in [0, 0.1) is 0 Å². The van der Waals surface area contributed by atoms with E-state index in [-0.39, 0.29) is 11.3 Å². The van der Waals surface area contributed by atoms with E-state index in [1.54, 1.807) is 6.20 Å². The second-order valence-electron chi connectivity index (χ2n) is 4.04. The van der Waals surface area contributed by atoms with Crippen molar-refractivity contribution >= 4 is 45.9 Å². The van der Waals surface area contributed by atoms with Gasteiger partial charge in [0.2, 0.25) is 5.28 Å². The molecule has 0 amide bonds. The van der Waals surface area contributed by atoms with E-state index in [9.17, 15) is 4.79 Å². The molecule has 0 aliphatic carbocycles. The summed E-state index contributed by atoms with van der Waals surface area (Å²) >= 11 is 7.36. The molecule has 0 radical (unpaired) electrons. The number of rotatable bonds is 6. The minimum absolute atomic E-state index is 0.0302. The number of carbonyl (C=O) groups is 1. The Balaban J connectivity index is 1.86. The predicted molar refractivity (Wildman–Crippen MR) is 79.3 cm³/mol. The van der Waals surface area contributed by atoms with Crippen molar-refractivity contribution in [2.24, 2.45) is 0 Å². The van der Waals surface area contributed by atoms with E-state index in [0.717, 1.165) is 5.01 Å². The van der Waals surface area contributed by atoms with Crippen molar-refractivity contribution in [1.29, 1.82) is 0 Å². The maximum Gasteiger partial charge on any atom is 0.341 e. The number of imidazole rings is 1. The van der Waals surface area contributed by atoms with Crippen LogP contribution in [0.5, 0.6) is 6.01 Å². The molecule has 22 heavy (non-hydrogen) atoms. The SMILES string of the molecule is O=C(O)COc1nc2c(NCc3nccs3)nc(Cl)nc2[nH]1. The van der Waals surface area contributed by atoms with Crippen molar-refractivity contribution < 1.29 is 14.6 Å². The summed E-state index contributed by atoms with van der Waals surface area (Å²) in [5, 5.41) is 14.4. The van der Waals surface area contributed by atoms with Gasteiger partial charge in [-0.15, -0.1) is 11.3 Å². The van der Waals surface area contributed by atoms with Crippen LogP contribution in [0.3, 0.4) is 0 Å². The summed E-state index contributed by atoms with van der Waals surface area (Å²) in [5.41, 5.74) is 0.753. The summed E-state index contributed by atoms with van der Waals surface area (Å²) < 4.78 is 4.98. The Morgan fingerprint density at radius 1 is 1.45 bits per heavy atom. The quantitative estimate of drug-likeness (QED) is 0.577. The number of halogens is 1. The zero-order valence-electron chi connectivity index (χ0n) is 10.9. The van der Waals surface area contributed by atoms with Gasteiger partial charge < -0.3 is 15.2 Å². The van der Waals surface area contributed by atoms with Gasteiger partial charge in [-0.1, -0.05) is 0 Å². The van der Waals surface area contributed by atoms with Crippen LogP contribution in [0.1, 0.15) is 5.01 Å². The number of aliphatic carboxylic acids is 1. The first-order chi connectivity index (χ1) is 10.6. The van der Waals surface area contributed by atoms with Crippen LogP contribution in [0.15, 0.2) is 11.6 Å². The van der Waals surface area contributed by atoms with Crippen molar-refractivity contribution in [3.8, 4) is 6.01 Å². The van der Waals surface area contributed by atoms with Crippen molar-refractivity contribution in [3.63, 3.8) is 0 Å². The first kappa shape index (κ1) is 14.5. The number of fused-ring (bicyclic) bond motifs is 1. The Morgan fingerprint density at radius 3 is 3.05 bits per heavy atom. The lowest BCUT2D eigenvalue weighted by molar-refractivity contribution is -0.139. The van der Waals surface area contributed by atoms with Gasteiger partial charge in [0.15, 0.2) is 23.6 Å². The first-order valence-corrected chi connectivity index (χ1v) is 7.27. The molecule has 0 atom stereocenters. The molecule has 0 aromatic carbocycles. The summed E-state index contributed by atoms with van der Waals surface area (Å²) in [5.74, 6) is -0.696. The van der Waals surface area contributed by atoms with Crippen LogP contribution in [-0.2, 0) is 11.3 Å². The van der Waals surface area contributed by atoms with E-state index in [1.807, 2.05) is 5.38 Å². The number of anilines is 1. The lowest BCUT2D eigenvalue weighted by Crippen LogP contribution is -2.10. The molecule has 0 unspecified atom stereocenters. The fourth-order valence-electron chi connectivity index (χ4n) is 1.67. The topological polar surface area (TPSA) is 126 Å². The van der Waals surface area contributed by atoms with Crippen molar-refractivity contribution in [2.45, 2.75) is 6.54 Å². The fourth-order valence-corrected chi connectivity index (χ4v) is 2.40. The molecule has 3 heterocycles. The van der Waals surface area contributed by atoms with E-state index in [2.05, 4.69) is 30.2 Å². The highest BCUT2D eigenvalue weighted by Crippen LogP contribution is 2.23. The molecule has 0 saturated heterocycles. The third-order valence-electron chi connectivity index (χ3n) is 2.52. The minimum atomic E-state index is -1.10. The average Bonchev–Trinajstić information content (AvgIpc) is 3.11. The van der Waals surface area contributed by atoms with E-state index in [4.69, 9.17) is 21.4 Å². The van der Waals surface area contributed by atoms with Crippen LogP contribution >= 0.6 is 22.9 Å². The van der Waals surface area contributed by atoms with Crippen molar-refractivity contribution in [3.05, 3.63) is 21.9 Å². The normalized spacial score (nSPS) is 10.8. The molecule has 114 valence electrons. The van der Waals surface area contributed by atoms with Gasteiger partial charge in [0.25, 0.3) is 6.01 Å². The molecule has 3 N–H and O–H groups in total. The zero-order chi connectivity index (χ0) is 15.5. The highest BCUT2D eigenvalue weighted by atomic mass is 35.5. The smallest absolute Gasteiger partial charge is 0.341 e. The number of aromatic nitrogens is 5. The van der Waals surface area contributed by atoms with E-state index < -0.39 is 12.6 Å². The molecule has 0 spiro atoms. The molecular formula is C11H9ClN6O3S. The third kappa shape index (κ3) is 3.23. The molecule has 0 fully saturated rings. The Bertz CT molecular complexity index is 806. The molecule has 0 aliphatic rings. The molecule has 3 aromatic rings. The van der Waals surface area contributed by atoms with Gasteiger partial charge in [0.05, 0.1) is 6.54 Å². The maximum absolute atomic E-state index is 10.5. The number of ether oxygens (including phenoxy) is 1. The molecule has 9 nitrogen and oxygen atoms in total. The number of aromatic amines is 1. The molecule has 0 aliphatic heterocycles. The fraction of sp³-hybridized carbons (Fsp3) is 0.182. The highest BCUT2D eigenvalue weighted by Gasteiger charge is 2.14. The number of nitrogens with zero attached hydrogens (tertiary/aromatic N) is 4. The van der Waals surface area contributed by atoms with Gasteiger partial charge in [0.1, 0.15) is 5.01 Å². The van der Waals surface area contributed by atoms with Crippen molar-refractivity contribution in [1.82, 2.24) is 24.9 Å². The van der Waals surface area contributed by atoms with Gasteiger partial charge in [-0.25, -0.2) is 9.78 Å². The highest BCUT2D eigenvalue weighted by molar-refractivity contribution is 7.09. The number of H-pyrrole nitrogens is 1. The van der Waals surface area contributed by atoms with Gasteiger partial charge >= 0.3 is 5.97 Å². The summed E-state index contributed by atoms with van der Waals surface area (Å²) in [6.07, 6.45) is 1.70. The summed E-state index contributed by atoms with van der Waals surface area (Å²) in [6, 6.07) is 0.0336. The summed E-state index contributed by atoms with van der Waals surface area (Å²) in [7, 11) is 0. The third-order valence-corrected chi connectivity index (χ3v) is 3.47. The number of thiazole rings is 1. The average molecular weight is 341 g/mol. The molecule has 3 rings (SSSR count). The molecular weight excluding hydrogens is 332 g/mol. The lowest BCUT2D eigenvalue weighted by atomic mass is 10.5. The first-order valence-electron chi connectivity index (χ1n) is 6.02. The Kier molecular flexibility index (Phi) is 4.02. The predicted octanol–water partition coefficient (Wildman–Crippen LogP) is 1.54. The summed E-state index contributed by atoms with van der Waals surface area (Å²) in [6.45, 7) is -0.0544. The number of hydrogen-bond acceptors (Lipinski definition) is 8. The van der Waals surface area contributed by atoms with Crippen molar-refractivity contribution in [2.75, 3.05) is 11.9 Å². The second-order valence-corrected chi connectivity index (χ2v) is 5.36. The van der Waals surface area contributed by atoms with E-state index in [1.165, 1.54) is 11.3 Å². The summed E-state index contributed by atoms with van der Waals surface area (Å²) in [4.78, 5) is 29.6. The van der Waals surface area contributed by atoms with Crippen LogP contribution in [0.2, 0.25) is 5.28 Å². The van der Waals surface area contributed by atoms with E-state index in [0.29, 0.717) is 23.5 Å². The van der Waals surface area contributed by atoms with Crippen LogP contribution in [0.4, 0.5) is 5.82 Å². The van der Waals surface area contributed by atoms with Gasteiger partial charge in [-0.05, 0) is 11.6 Å². The Hall–Kier alpha value is -2.46. The van der Waals surface area contributed by atoms with Gasteiger partial charge in [0, 0.05) is 11.6 Å². The van der Waals surface area contributed by atoms with E-state index >= 15 is 0 Å². The zero-order valence-corrected chi connectivity index (χ0v) is 12.5. The molecule has 0 saturated carbocycles. The van der Waals surface area contributed by atoms with Crippen LogP contribution in [0.25, 0.3) is 11.2 Å². The molecule has 11 heteroatoms. The Labute approximate surface area is 132 Å². The lowest BCUT2D eigenvalue weighted by Gasteiger charge is -2.03. The monoisotopic (exact) mass is 340 g/mol. The van der Waals surface area contributed by atoms with Gasteiger partial charge in [-0.2, -0.15) is 15.0 Å². The minimum Gasteiger partial charge on any atom is -0.479 e.